The van der Waals surface area contributed by atoms with Gasteiger partial charge in [-0.3, -0.25) is 14.4 Å². The summed E-state index contributed by atoms with van der Waals surface area (Å²) in [5, 5.41) is 23.2. The molecule has 2 N–H and O–H groups in total. The zero-order valence-corrected chi connectivity index (χ0v) is 28.5. The fraction of sp³-hybridized carbons (Fsp3) is 0.763. The number of aliphatic hydroxyl groups is 2. The monoisotopic (exact) mass is 612 g/mol. The molecule has 44 heavy (non-hydrogen) atoms. The van der Waals surface area contributed by atoms with E-state index in [2.05, 4.69) is 32.9 Å². The number of carbonyl (C=O) groups excluding carboxylic acids is 3. The van der Waals surface area contributed by atoms with Crippen molar-refractivity contribution in [1.29, 1.82) is 0 Å². The van der Waals surface area contributed by atoms with E-state index in [0.717, 1.165) is 44.9 Å². The van der Waals surface area contributed by atoms with Crippen molar-refractivity contribution in [3.8, 4) is 0 Å². The van der Waals surface area contributed by atoms with Crippen LogP contribution < -0.4 is 0 Å². The first-order chi connectivity index (χ1) is 20.9. The third-order valence-corrected chi connectivity index (χ3v) is 10.5. The van der Waals surface area contributed by atoms with E-state index in [1.165, 1.54) is 44.9 Å². The van der Waals surface area contributed by atoms with Gasteiger partial charge in [-0.2, -0.15) is 0 Å². The summed E-state index contributed by atoms with van der Waals surface area (Å²) in [4.78, 5) is 40.0. The summed E-state index contributed by atoms with van der Waals surface area (Å²) in [6.45, 7) is 11.8. The summed E-state index contributed by atoms with van der Waals surface area (Å²) >= 11 is 0. The van der Waals surface area contributed by atoms with Crippen LogP contribution in [0, 0.1) is 22.7 Å². The predicted octanol–water partition coefficient (Wildman–Crippen LogP) is 9.06. The molecule has 0 aromatic heterocycles. The van der Waals surface area contributed by atoms with Crippen LogP contribution in [0.3, 0.4) is 0 Å². The van der Waals surface area contributed by atoms with Crippen molar-refractivity contribution < 1.29 is 29.3 Å². The number of aliphatic hydroxyl groups excluding tert-OH is 2. The number of unbranched alkanes of at least 4 members (excludes halogenated alkanes) is 11. The molecule has 3 aliphatic carbocycles. The highest BCUT2D eigenvalue weighted by Crippen LogP contribution is 2.61. The van der Waals surface area contributed by atoms with Gasteiger partial charge >= 0.3 is 5.97 Å². The van der Waals surface area contributed by atoms with Gasteiger partial charge in [0.2, 0.25) is 11.6 Å². The van der Waals surface area contributed by atoms with E-state index in [-0.39, 0.29) is 34.3 Å². The van der Waals surface area contributed by atoms with Gasteiger partial charge in [-0.05, 0) is 56.3 Å². The lowest BCUT2D eigenvalue weighted by molar-refractivity contribution is -0.168. The van der Waals surface area contributed by atoms with E-state index in [1.54, 1.807) is 13.8 Å². The Balaban J connectivity index is 1.57. The van der Waals surface area contributed by atoms with Gasteiger partial charge in [-0.1, -0.05) is 111 Å². The summed E-state index contributed by atoms with van der Waals surface area (Å²) in [6, 6.07) is 0. The Labute approximate surface area is 266 Å². The number of carbonyl (C=O) groups is 3. The van der Waals surface area contributed by atoms with Gasteiger partial charge in [0, 0.05) is 34.5 Å². The fourth-order valence-corrected chi connectivity index (χ4v) is 8.33. The van der Waals surface area contributed by atoms with Crippen LogP contribution >= 0.6 is 0 Å². The number of ether oxygens (including phenoxy) is 1. The molecule has 0 aromatic carbocycles. The number of ketones is 2. The molecule has 6 heteroatoms. The molecule has 1 saturated carbocycles. The number of fused-ring (bicyclic) bond motifs is 2. The summed E-state index contributed by atoms with van der Waals surface area (Å²) < 4.78 is 5.95. The maximum atomic E-state index is 13.7. The molecule has 0 amide bonds. The highest BCUT2D eigenvalue weighted by molar-refractivity contribution is 6.50. The average Bonchev–Trinajstić information content (AvgIpc) is 2.94. The van der Waals surface area contributed by atoms with Gasteiger partial charge in [0.15, 0.2) is 6.10 Å². The Bertz CT molecular complexity index is 1110. The van der Waals surface area contributed by atoms with Gasteiger partial charge < -0.3 is 14.9 Å². The minimum Gasteiger partial charge on any atom is -0.507 e. The van der Waals surface area contributed by atoms with E-state index in [1.807, 2.05) is 6.92 Å². The highest BCUT2D eigenvalue weighted by atomic mass is 16.6. The van der Waals surface area contributed by atoms with Crippen molar-refractivity contribution in [3.63, 3.8) is 0 Å². The molecule has 0 bridgehead atoms. The Morgan fingerprint density at radius 1 is 0.886 bits per heavy atom. The van der Waals surface area contributed by atoms with E-state index in [9.17, 15) is 24.6 Å². The van der Waals surface area contributed by atoms with Gasteiger partial charge in [0.1, 0.15) is 5.76 Å². The topological polar surface area (TPSA) is 101 Å². The normalized spacial score (nSPS) is 26.9. The van der Waals surface area contributed by atoms with Crippen LogP contribution in [-0.4, -0.2) is 40.0 Å². The smallest absolute Gasteiger partial charge is 0.306 e. The Morgan fingerprint density at radius 3 is 2.05 bits per heavy atom. The molecule has 0 heterocycles. The van der Waals surface area contributed by atoms with Gasteiger partial charge in [0.05, 0.1) is 6.10 Å². The predicted molar refractivity (Wildman–Crippen MR) is 176 cm³/mol. The molecule has 3 rings (SSSR count). The van der Waals surface area contributed by atoms with Crippen LogP contribution in [0.4, 0.5) is 0 Å². The first-order valence-corrected chi connectivity index (χ1v) is 17.7. The molecule has 0 saturated heterocycles. The number of allylic oxidation sites excluding steroid dienone is 4. The summed E-state index contributed by atoms with van der Waals surface area (Å²) in [6.07, 6.45) is 20.0. The van der Waals surface area contributed by atoms with Crippen molar-refractivity contribution in [2.24, 2.45) is 22.7 Å². The number of esters is 1. The minimum atomic E-state index is -1.18. The first-order valence-electron chi connectivity index (χ1n) is 17.7. The van der Waals surface area contributed by atoms with Crippen molar-refractivity contribution in [2.75, 3.05) is 0 Å². The summed E-state index contributed by atoms with van der Waals surface area (Å²) in [5.74, 6) is -2.84. The van der Waals surface area contributed by atoms with E-state index >= 15 is 0 Å². The zero-order valence-electron chi connectivity index (χ0n) is 28.5. The maximum Gasteiger partial charge on any atom is 0.306 e. The van der Waals surface area contributed by atoms with E-state index in [0.29, 0.717) is 12.8 Å². The summed E-state index contributed by atoms with van der Waals surface area (Å²) in [7, 11) is 0. The van der Waals surface area contributed by atoms with Crippen LogP contribution in [0.5, 0.6) is 0 Å². The Morgan fingerprint density at radius 2 is 1.45 bits per heavy atom. The maximum absolute atomic E-state index is 13.7. The number of Topliss-reactive ketones (excluding diaryl/α,β-unsaturated/α-hetero) is 2. The van der Waals surface area contributed by atoms with Gasteiger partial charge in [0.25, 0.3) is 0 Å². The Kier molecular flexibility index (Phi) is 13.5. The van der Waals surface area contributed by atoms with E-state index < -0.39 is 47.0 Å². The van der Waals surface area contributed by atoms with Gasteiger partial charge in [-0.25, -0.2) is 0 Å². The molecule has 6 nitrogen and oxygen atoms in total. The lowest BCUT2D eigenvalue weighted by Gasteiger charge is -2.58. The quantitative estimate of drug-likeness (QED) is 0.0559. The second-order valence-corrected chi connectivity index (χ2v) is 14.8. The lowest BCUT2D eigenvalue weighted by Crippen LogP contribution is -2.60. The van der Waals surface area contributed by atoms with Crippen molar-refractivity contribution in [1.82, 2.24) is 0 Å². The molecule has 4 atom stereocenters. The molecule has 248 valence electrons. The molecule has 0 radical (unpaired) electrons. The van der Waals surface area contributed by atoms with Gasteiger partial charge in [-0.15, -0.1) is 0 Å². The second kappa shape index (κ2) is 16.4. The molecule has 0 aromatic rings. The zero-order chi connectivity index (χ0) is 32.5. The first kappa shape index (κ1) is 36.3. The average molecular weight is 613 g/mol. The van der Waals surface area contributed by atoms with Crippen molar-refractivity contribution >= 4 is 17.5 Å². The highest BCUT2D eigenvalue weighted by Gasteiger charge is 2.62. The number of hydrogen-bond acceptors (Lipinski definition) is 6. The molecular weight excluding hydrogens is 552 g/mol. The SMILES string of the molecule is CCCCCCCC/C=C\CCCCCCCC(=O)O[C@H]1C2=C(C(=O)C(=O)C(C(C)C)=C2O)[C@@]2(C)CCCC(C)(C)[C@@H]2[C@@H]1O. The number of rotatable bonds is 17. The number of hydrogen-bond donors (Lipinski definition) is 2. The molecule has 0 spiro atoms. The van der Waals surface area contributed by atoms with Crippen molar-refractivity contribution in [3.05, 3.63) is 34.6 Å². The second-order valence-electron chi connectivity index (χ2n) is 14.8. The lowest BCUT2D eigenvalue weighted by atomic mass is 9.47. The largest absolute Gasteiger partial charge is 0.507 e. The standard InChI is InChI=1S/C38H60O6/c1-7-8-9-10-11-12-13-14-15-16-17-18-19-20-21-23-27(39)44-35-29-30(33(42)32(41)28(26(2)3)31(29)40)38(6)25-22-24-37(4,5)36(38)34(35)43/h14-15,26,34-36,40,43H,7-13,16-25H2,1-6H3/b15-14-/t34-,35+,36+,38-/m1/s1. The molecule has 0 aliphatic heterocycles. The fourth-order valence-electron chi connectivity index (χ4n) is 8.33. The molecule has 3 aliphatic rings. The Hall–Kier alpha value is -2.21. The third-order valence-electron chi connectivity index (χ3n) is 10.5. The van der Waals surface area contributed by atoms with Crippen LogP contribution in [0.25, 0.3) is 0 Å². The van der Waals surface area contributed by atoms with Crippen LogP contribution in [0.1, 0.15) is 151 Å². The molecule has 0 unspecified atom stereocenters. The summed E-state index contributed by atoms with van der Waals surface area (Å²) in [5.41, 5.74) is -0.714. The third kappa shape index (κ3) is 8.33. The van der Waals surface area contributed by atoms with Crippen LogP contribution in [0.15, 0.2) is 34.6 Å². The molecule has 1 fully saturated rings. The van der Waals surface area contributed by atoms with Crippen LogP contribution in [0.2, 0.25) is 0 Å². The minimum absolute atomic E-state index is 0.0383. The molecular formula is C38H60O6. The van der Waals surface area contributed by atoms with Crippen molar-refractivity contribution in [2.45, 2.75) is 163 Å². The van der Waals surface area contributed by atoms with Crippen LogP contribution in [-0.2, 0) is 19.1 Å². The van der Waals surface area contributed by atoms with E-state index in [4.69, 9.17) is 4.74 Å².